The first-order chi connectivity index (χ1) is 10.9. The van der Waals surface area contributed by atoms with E-state index >= 15 is 0 Å². The summed E-state index contributed by atoms with van der Waals surface area (Å²) in [4.78, 5) is 54.4. The Morgan fingerprint density at radius 3 is 2.48 bits per heavy atom. The summed E-state index contributed by atoms with van der Waals surface area (Å²) in [6.07, 6.45) is 0. The summed E-state index contributed by atoms with van der Waals surface area (Å²) in [6, 6.07) is 1.28. The summed E-state index contributed by atoms with van der Waals surface area (Å²) in [7, 11) is 0. The van der Waals surface area contributed by atoms with Crippen LogP contribution >= 0.6 is 11.8 Å². The van der Waals surface area contributed by atoms with E-state index in [4.69, 9.17) is 0 Å². The van der Waals surface area contributed by atoms with Crippen molar-refractivity contribution >= 4 is 22.9 Å². The molecule has 0 aliphatic rings. The zero-order chi connectivity index (χ0) is 16.6. The first-order valence-electron chi connectivity index (χ1n) is 6.63. The molecule has 3 heterocycles. The fourth-order valence-electron chi connectivity index (χ4n) is 1.91. The highest BCUT2D eigenvalue weighted by Gasteiger charge is 2.10. The van der Waals surface area contributed by atoms with Gasteiger partial charge < -0.3 is 4.98 Å². The predicted molar refractivity (Wildman–Crippen MR) is 84.7 cm³/mol. The molecule has 23 heavy (non-hydrogen) atoms. The van der Waals surface area contributed by atoms with E-state index in [0.717, 1.165) is 0 Å². The number of H-pyrrole nitrogens is 3. The molecular weight excluding hydrogens is 320 g/mol. The zero-order valence-corrected chi connectivity index (χ0v) is 13.1. The summed E-state index contributed by atoms with van der Waals surface area (Å²) >= 11 is 1.17. The summed E-state index contributed by atoms with van der Waals surface area (Å²) in [5.74, 6) is 0.270. The highest BCUT2D eigenvalue weighted by molar-refractivity contribution is 7.98. The van der Waals surface area contributed by atoms with Gasteiger partial charge in [0, 0.05) is 17.5 Å². The van der Waals surface area contributed by atoms with Gasteiger partial charge in [0.1, 0.15) is 0 Å². The molecule has 0 atom stereocenters. The van der Waals surface area contributed by atoms with Gasteiger partial charge in [-0.15, -0.1) is 0 Å². The van der Waals surface area contributed by atoms with Gasteiger partial charge in [0.05, 0.1) is 11.4 Å². The predicted octanol–water partition coefficient (Wildman–Crippen LogP) is -0.00116. The van der Waals surface area contributed by atoms with Crippen molar-refractivity contribution in [3.63, 3.8) is 0 Å². The van der Waals surface area contributed by atoms with E-state index in [1.807, 2.05) is 0 Å². The Hall–Kier alpha value is -2.75. The third kappa shape index (κ3) is 3.21. The van der Waals surface area contributed by atoms with Crippen LogP contribution in [-0.2, 0) is 5.75 Å². The van der Waals surface area contributed by atoms with Crippen molar-refractivity contribution in [1.82, 2.24) is 29.9 Å². The molecule has 0 radical (unpaired) electrons. The first-order valence-corrected chi connectivity index (χ1v) is 7.61. The maximum atomic E-state index is 12.1. The molecular formula is C13H12N6O3S. The quantitative estimate of drug-likeness (QED) is 0.453. The summed E-state index contributed by atoms with van der Waals surface area (Å²) in [6.45, 7) is 3.56. The van der Waals surface area contributed by atoms with E-state index in [1.165, 1.54) is 17.8 Å². The van der Waals surface area contributed by atoms with Crippen molar-refractivity contribution in [2.75, 3.05) is 0 Å². The third-order valence-electron chi connectivity index (χ3n) is 3.11. The number of aryl methyl sites for hydroxylation is 2. The summed E-state index contributed by atoms with van der Waals surface area (Å²) < 4.78 is 0. The lowest BCUT2D eigenvalue weighted by Gasteiger charge is -2.04. The minimum absolute atomic E-state index is 0.182. The van der Waals surface area contributed by atoms with Crippen LogP contribution in [0.3, 0.4) is 0 Å². The molecule has 0 spiro atoms. The zero-order valence-electron chi connectivity index (χ0n) is 12.3. The van der Waals surface area contributed by atoms with Crippen LogP contribution in [0.5, 0.6) is 0 Å². The number of hydrogen-bond acceptors (Lipinski definition) is 7. The molecule has 0 aliphatic heterocycles. The van der Waals surface area contributed by atoms with Gasteiger partial charge in [-0.2, -0.15) is 0 Å². The van der Waals surface area contributed by atoms with Crippen LogP contribution in [0.25, 0.3) is 11.2 Å². The van der Waals surface area contributed by atoms with E-state index in [-0.39, 0.29) is 22.5 Å². The molecule has 0 saturated heterocycles. The lowest BCUT2D eigenvalue weighted by molar-refractivity contribution is 0.931. The van der Waals surface area contributed by atoms with Gasteiger partial charge in [-0.3, -0.25) is 19.6 Å². The van der Waals surface area contributed by atoms with E-state index in [9.17, 15) is 14.4 Å². The van der Waals surface area contributed by atoms with Gasteiger partial charge in [-0.05, 0) is 13.8 Å². The molecule has 3 rings (SSSR count). The Kier molecular flexibility index (Phi) is 3.82. The van der Waals surface area contributed by atoms with E-state index in [0.29, 0.717) is 22.2 Å². The average molecular weight is 332 g/mol. The van der Waals surface area contributed by atoms with Crippen molar-refractivity contribution in [3.8, 4) is 0 Å². The number of hydrogen-bond donors (Lipinski definition) is 3. The summed E-state index contributed by atoms with van der Waals surface area (Å²) in [5.41, 5.74) is 0.800. The highest BCUT2D eigenvalue weighted by atomic mass is 32.2. The van der Waals surface area contributed by atoms with Crippen molar-refractivity contribution in [3.05, 3.63) is 54.3 Å². The molecule has 0 bridgehead atoms. The molecule has 118 valence electrons. The number of aromatic amines is 3. The number of nitrogens with one attached hydrogen (secondary N) is 3. The molecule has 0 aromatic carbocycles. The number of fused-ring (bicyclic) bond motifs is 1. The normalized spacial score (nSPS) is 11.0. The van der Waals surface area contributed by atoms with Gasteiger partial charge in [0.25, 0.3) is 11.1 Å². The number of nitrogens with zero attached hydrogens (tertiary/aromatic N) is 3. The van der Waals surface area contributed by atoms with Crippen molar-refractivity contribution in [1.29, 1.82) is 0 Å². The Bertz CT molecular complexity index is 1040. The highest BCUT2D eigenvalue weighted by Crippen LogP contribution is 2.17. The molecule has 0 aliphatic carbocycles. The number of thioether (sulfide) groups is 1. The minimum atomic E-state index is -0.579. The average Bonchev–Trinajstić information content (AvgIpc) is 2.46. The van der Waals surface area contributed by atoms with Crippen LogP contribution in [0.15, 0.2) is 25.6 Å². The smallest absolute Gasteiger partial charge is 0.310 e. The van der Waals surface area contributed by atoms with Crippen LogP contribution in [0.1, 0.15) is 17.1 Å². The van der Waals surface area contributed by atoms with E-state index in [1.54, 1.807) is 13.8 Å². The fraction of sp³-hybridized carbons (Fsp3) is 0.231. The Balaban J connectivity index is 1.94. The van der Waals surface area contributed by atoms with Gasteiger partial charge >= 0.3 is 5.69 Å². The summed E-state index contributed by atoms with van der Waals surface area (Å²) in [5, 5.41) is 0.334. The van der Waals surface area contributed by atoms with Crippen LogP contribution in [0, 0.1) is 13.8 Å². The molecule has 3 aromatic rings. The largest absolute Gasteiger partial charge is 0.325 e. The van der Waals surface area contributed by atoms with Gasteiger partial charge in [0.15, 0.2) is 16.3 Å². The van der Waals surface area contributed by atoms with E-state index < -0.39 is 11.2 Å². The van der Waals surface area contributed by atoms with Crippen LogP contribution in [0.4, 0.5) is 0 Å². The number of aromatic nitrogens is 6. The monoisotopic (exact) mass is 332 g/mol. The minimum Gasteiger partial charge on any atom is -0.310 e. The second-order valence-electron chi connectivity index (χ2n) is 4.84. The third-order valence-corrected chi connectivity index (χ3v) is 4.03. The first kappa shape index (κ1) is 15.2. The lowest BCUT2D eigenvalue weighted by atomic mass is 10.3. The van der Waals surface area contributed by atoms with Gasteiger partial charge in [0.2, 0.25) is 0 Å². The molecule has 3 aromatic heterocycles. The van der Waals surface area contributed by atoms with Crippen molar-refractivity contribution in [2.45, 2.75) is 24.8 Å². The van der Waals surface area contributed by atoms with Crippen molar-refractivity contribution in [2.24, 2.45) is 0 Å². The van der Waals surface area contributed by atoms with Crippen LogP contribution in [0.2, 0.25) is 0 Å². The SMILES string of the molecule is Cc1nc2nc(SCc3cc(=O)[nH]c(=O)[nH]3)[nH]c(=O)c2nc1C. The molecule has 9 nitrogen and oxygen atoms in total. The second-order valence-corrected chi connectivity index (χ2v) is 5.80. The molecule has 0 saturated carbocycles. The Morgan fingerprint density at radius 2 is 1.74 bits per heavy atom. The van der Waals surface area contributed by atoms with E-state index in [2.05, 4.69) is 29.9 Å². The van der Waals surface area contributed by atoms with Crippen LogP contribution in [-0.4, -0.2) is 29.9 Å². The number of rotatable bonds is 3. The molecule has 0 amide bonds. The topological polar surface area (TPSA) is 137 Å². The molecule has 3 N–H and O–H groups in total. The molecule has 0 fully saturated rings. The maximum absolute atomic E-state index is 12.1. The fourth-order valence-corrected chi connectivity index (χ4v) is 2.68. The Morgan fingerprint density at radius 1 is 1.00 bits per heavy atom. The lowest BCUT2D eigenvalue weighted by Crippen LogP contribution is -2.22. The second kappa shape index (κ2) is 5.80. The Labute approximate surface area is 132 Å². The van der Waals surface area contributed by atoms with Gasteiger partial charge in [-0.25, -0.2) is 19.7 Å². The van der Waals surface area contributed by atoms with Gasteiger partial charge in [-0.1, -0.05) is 11.8 Å². The molecule has 10 heteroatoms. The standard InChI is InChI=1S/C13H12N6O3S/c1-5-6(2)15-10-9(14-5)11(21)19-13(18-10)23-4-7-3-8(20)17-12(22)16-7/h3H,4H2,1-2H3,(H,15,18,19,21)(H2,16,17,20,22). The van der Waals surface area contributed by atoms with Crippen LogP contribution < -0.4 is 16.8 Å². The molecule has 0 unspecified atom stereocenters. The van der Waals surface area contributed by atoms with Crippen molar-refractivity contribution < 1.29 is 0 Å². The maximum Gasteiger partial charge on any atom is 0.325 e.